The molecule has 3 aromatic heterocycles. The first-order valence-electron chi connectivity index (χ1n) is 8.24. The van der Waals surface area contributed by atoms with Gasteiger partial charge in [0.1, 0.15) is 11.4 Å². The van der Waals surface area contributed by atoms with E-state index in [0.29, 0.717) is 29.6 Å². The van der Waals surface area contributed by atoms with Gasteiger partial charge in [0.05, 0.1) is 41.7 Å². The van der Waals surface area contributed by atoms with E-state index in [1.54, 1.807) is 29.2 Å². The summed E-state index contributed by atoms with van der Waals surface area (Å²) >= 11 is 0. The molecule has 1 aliphatic rings. The number of amides is 1. The van der Waals surface area contributed by atoms with Gasteiger partial charge in [0.15, 0.2) is 0 Å². The highest BCUT2D eigenvalue weighted by atomic mass is 16.1. The number of nitriles is 2. The molecule has 134 valence electrons. The molecule has 4 rings (SSSR count). The lowest BCUT2D eigenvalue weighted by molar-refractivity contribution is 0.0881. The van der Waals surface area contributed by atoms with Crippen molar-refractivity contribution < 1.29 is 4.79 Å². The molecule has 3 heterocycles. The van der Waals surface area contributed by atoms with E-state index in [1.807, 2.05) is 0 Å². The molecule has 0 radical (unpaired) electrons. The predicted octanol–water partition coefficient (Wildman–Crippen LogP) is 0.816. The van der Waals surface area contributed by atoms with E-state index in [2.05, 4.69) is 27.3 Å². The topological polar surface area (TPSA) is 165 Å². The molecule has 0 aromatic carbocycles. The molecule has 0 aliphatic heterocycles. The van der Waals surface area contributed by atoms with Crippen LogP contribution in [0.2, 0.25) is 0 Å². The fourth-order valence-corrected chi connectivity index (χ4v) is 3.62. The summed E-state index contributed by atoms with van der Waals surface area (Å²) in [4.78, 5) is 15.9. The summed E-state index contributed by atoms with van der Waals surface area (Å²) < 4.78 is 3.09. The third kappa shape index (κ3) is 2.47. The minimum Gasteiger partial charge on any atom is -0.367 e. The number of anilines is 1. The Balaban J connectivity index is 1.79. The Kier molecular flexibility index (Phi) is 3.56. The van der Waals surface area contributed by atoms with E-state index >= 15 is 0 Å². The van der Waals surface area contributed by atoms with Gasteiger partial charge in [-0.15, -0.1) is 5.10 Å². The number of primary amides is 1. The second kappa shape index (κ2) is 5.81. The second-order valence-electron chi connectivity index (χ2n) is 6.67. The summed E-state index contributed by atoms with van der Waals surface area (Å²) in [6, 6.07) is 7.66. The van der Waals surface area contributed by atoms with E-state index in [-0.39, 0.29) is 24.0 Å². The molecule has 1 aliphatic carbocycles. The van der Waals surface area contributed by atoms with Crippen LogP contribution in [0.1, 0.15) is 29.8 Å². The first kappa shape index (κ1) is 16.5. The molecule has 0 atom stereocenters. The van der Waals surface area contributed by atoms with E-state index in [1.165, 1.54) is 4.52 Å². The Hall–Kier alpha value is -3.92. The van der Waals surface area contributed by atoms with Crippen LogP contribution in [0.15, 0.2) is 24.5 Å². The maximum atomic E-state index is 11.6. The van der Waals surface area contributed by atoms with E-state index in [4.69, 9.17) is 16.7 Å². The number of carbonyl (C=O) groups excluding carboxylic acids is 1. The van der Waals surface area contributed by atoms with Crippen LogP contribution in [0.3, 0.4) is 0 Å². The van der Waals surface area contributed by atoms with Crippen LogP contribution in [-0.2, 0) is 5.54 Å². The summed E-state index contributed by atoms with van der Waals surface area (Å²) in [6.07, 6.45) is 4.83. The molecule has 0 spiro atoms. The zero-order valence-electron chi connectivity index (χ0n) is 14.2. The fourth-order valence-electron chi connectivity index (χ4n) is 3.62. The molecule has 10 heteroatoms. The largest absolute Gasteiger partial charge is 0.367 e. The molecule has 1 fully saturated rings. The Morgan fingerprint density at radius 3 is 2.81 bits per heavy atom. The molecule has 0 saturated heterocycles. The Labute approximate surface area is 153 Å². The molecule has 4 N–H and O–H groups in total. The second-order valence-corrected chi connectivity index (χ2v) is 6.67. The minimum absolute atomic E-state index is 0.0103. The van der Waals surface area contributed by atoms with Crippen molar-refractivity contribution in [2.24, 2.45) is 11.7 Å². The molecular formula is C17H15N9O. The summed E-state index contributed by atoms with van der Waals surface area (Å²) in [6.45, 7) is 0. The molecule has 27 heavy (non-hydrogen) atoms. The van der Waals surface area contributed by atoms with Crippen LogP contribution in [0.25, 0.3) is 16.8 Å². The number of carbonyl (C=O) groups is 1. The lowest BCUT2D eigenvalue weighted by Gasteiger charge is -2.43. The molecule has 3 aromatic rings. The zero-order chi connectivity index (χ0) is 19.2. The summed E-state index contributed by atoms with van der Waals surface area (Å²) in [5, 5.41) is 26.7. The standard InChI is InChI=1S/C17H15N9O/c18-4-3-17(5-10(6-17)7-19)25-9-11(8-22-25)14-12-1-2-13(15(20)27)26(12)24-16(21)23-14/h1-2,8-10H,3,5-6H2,(H2,20,27)(H2,21,24)/t10-,17-. The molecule has 0 bridgehead atoms. The van der Waals surface area contributed by atoms with Gasteiger partial charge >= 0.3 is 0 Å². The monoisotopic (exact) mass is 361 g/mol. The van der Waals surface area contributed by atoms with Crippen LogP contribution in [0, 0.1) is 28.6 Å². The van der Waals surface area contributed by atoms with Crippen molar-refractivity contribution >= 4 is 17.4 Å². The van der Waals surface area contributed by atoms with Crippen LogP contribution in [0.5, 0.6) is 0 Å². The quantitative estimate of drug-likeness (QED) is 0.694. The SMILES string of the molecule is N#CC[C@]1(n2cc(-c3nc(N)nn4c(C(N)=O)ccc34)cn2)C[C@H](C#N)C1. The average molecular weight is 361 g/mol. The van der Waals surface area contributed by atoms with Gasteiger partial charge < -0.3 is 11.5 Å². The van der Waals surface area contributed by atoms with Crippen molar-refractivity contribution in [2.75, 3.05) is 5.73 Å². The van der Waals surface area contributed by atoms with Gasteiger partial charge in [-0.2, -0.15) is 15.6 Å². The number of aromatic nitrogens is 5. The highest BCUT2D eigenvalue weighted by Gasteiger charge is 2.46. The van der Waals surface area contributed by atoms with Crippen molar-refractivity contribution in [3.63, 3.8) is 0 Å². The number of hydrogen-bond donors (Lipinski definition) is 2. The lowest BCUT2D eigenvalue weighted by atomic mass is 9.67. The smallest absolute Gasteiger partial charge is 0.267 e. The molecule has 1 saturated carbocycles. The number of hydrogen-bond acceptors (Lipinski definition) is 7. The van der Waals surface area contributed by atoms with Crippen molar-refractivity contribution in [1.29, 1.82) is 10.5 Å². The number of nitrogens with two attached hydrogens (primary N) is 2. The third-order valence-electron chi connectivity index (χ3n) is 4.96. The van der Waals surface area contributed by atoms with Gasteiger partial charge in [0.2, 0.25) is 5.95 Å². The maximum absolute atomic E-state index is 11.6. The number of nitrogens with zero attached hydrogens (tertiary/aromatic N) is 7. The van der Waals surface area contributed by atoms with Gasteiger partial charge in [-0.1, -0.05) is 0 Å². The Morgan fingerprint density at radius 1 is 1.37 bits per heavy atom. The Morgan fingerprint density at radius 2 is 2.15 bits per heavy atom. The van der Waals surface area contributed by atoms with E-state index in [0.717, 1.165) is 0 Å². The first-order valence-corrected chi connectivity index (χ1v) is 8.24. The highest BCUT2D eigenvalue weighted by Crippen LogP contribution is 2.46. The van der Waals surface area contributed by atoms with Crippen LogP contribution in [-0.4, -0.2) is 30.3 Å². The lowest BCUT2D eigenvalue weighted by Crippen LogP contribution is -2.46. The fraction of sp³-hybridized carbons (Fsp3) is 0.294. The van der Waals surface area contributed by atoms with Crippen molar-refractivity contribution in [1.82, 2.24) is 24.4 Å². The predicted molar refractivity (Wildman–Crippen MR) is 93.7 cm³/mol. The van der Waals surface area contributed by atoms with Crippen molar-refractivity contribution in [3.8, 4) is 23.4 Å². The Bertz CT molecular complexity index is 1140. The molecule has 0 unspecified atom stereocenters. The minimum atomic E-state index is -0.625. The van der Waals surface area contributed by atoms with Crippen LogP contribution < -0.4 is 11.5 Å². The number of fused-ring (bicyclic) bond motifs is 1. The van der Waals surface area contributed by atoms with Crippen molar-refractivity contribution in [2.45, 2.75) is 24.8 Å². The maximum Gasteiger partial charge on any atom is 0.267 e. The van der Waals surface area contributed by atoms with Gasteiger partial charge in [0.25, 0.3) is 5.91 Å². The van der Waals surface area contributed by atoms with Gasteiger partial charge in [0, 0.05) is 11.8 Å². The number of nitrogen functional groups attached to an aromatic ring is 1. The number of rotatable bonds is 4. The normalized spacial score (nSPS) is 21.3. The summed E-state index contributed by atoms with van der Waals surface area (Å²) in [7, 11) is 0. The van der Waals surface area contributed by atoms with Gasteiger partial charge in [-0.3, -0.25) is 9.48 Å². The zero-order valence-corrected chi connectivity index (χ0v) is 14.2. The van der Waals surface area contributed by atoms with Crippen LogP contribution in [0.4, 0.5) is 5.95 Å². The average Bonchev–Trinajstić information content (AvgIpc) is 3.24. The first-order chi connectivity index (χ1) is 13.0. The van der Waals surface area contributed by atoms with Gasteiger partial charge in [-0.05, 0) is 25.0 Å². The third-order valence-corrected chi connectivity index (χ3v) is 4.96. The highest BCUT2D eigenvalue weighted by molar-refractivity contribution is 5.93. The molecule has 1 amide bonds. The van der Waals surface area contributed by atoms with E-state index in [9.17, 15) is 10.1 Å². The summed E-state index contributed by atoms with van der Waals surface area (Å²) in [5.41, 5.74) is 12.6. The van der Waals surface area contributed by atoms with Crippen LogP contribution >= 0.6 is 0 Å². The summed E-state index contributed by atoms with van der Waals surface area (Å²) in [5.74, 6) is -0.709. The molecular weight excluding hydrogens is 346 g/mol. The molecule has 10 nitrogen and oxygen atoms in total. The van der Waals surface area contributed by atoms with E-state index < -0.39 is 11.4 Å². The van der Waals surface area contributed by atoms with Gasteiger partial charge in [-0.25, -0.2) is 9.50 Å². The van der Waals surface area contributed by atoms with Crippen molar-refractivity contribution in [3.05, 3.63) is 30.2 Å².